The van der Waals surface area contributed by atoms with Crippen LogP contribution in [0.15, 0.2) is 48.5 Å². The van der Waals surface area contributed by atoms with Gasteiger partial charge in [0.15, 0.2) is 0 Å². The van der Waals surface area contributed by atoms with Gasteiger partial charge >= 0.3 is 0 Å². The van der Waals surface area contributed by atoms with Crippen LogP contribution in [0.5, 0.6) is 5.75 Å². The van der Waals surface area contributed by atoms with Gasteiger partial charge in [-0.1, -0.05) is 36.4 Å². The van der Waals surface area contributed by atoms with Gasteiger partial charge < -0.3 is 15.0 Å². The second-order valence-corrected chi connectivity index (χ2v) is 6.49. The van der Waals surface area contributed by atoms with Crippen molar-refractivity contribution in [3.8, 4) is 16.9 Å². The fourth-order valence-corrected chi connectivity index (χ4v) is 3.12. The number of nitrogens with zero attached hydrogens (tertiary/aromatic N) is 1. The molecule has 0 amide bonds. The summed E-state index contributed by atoms with van der Waals surface area (Å²) in [5.74, 6) is 0.981. The molecule has 0 unspecified atom stereocenters. The molecule has 0 saturated carbocycles. The molecule has 23 heavy (non-hydrogen) atoms. The monoisotopic (exact) mass is 310 g/mol. The standard InChI is InChI=1S/C20H26N2O/c1-22(2)15-17-6-3-4-9-20(17)16-7-5-8-19(14-16)23-18-10-12-21-13-11-18/h3-9,14,18,21H,10-13,15H2,1-2H3. The average Bonchev–Trinajstić information content (AvgIpc) is 2.56. The molecule has 1 heterocycles. The van der Waals surface area contributed by atoms with Crippen LogP contribution in [0.3, 0.4) is 0 Å². The molecule has 0 bridgehead atoms. The lowest BCUT2D eigenvalue weighted by Gasteiger charge is -2.24. The summed E-state index contributed by atoms with van der Waals surface area (Å²) in [6.45, 7) is 3.04. The van der Waals surface area contributed by atoms with E-state index in [1.54, 1.807) is 0 Å². The molecule has 3 heteroatoms. The largest absolute Gasteiger partial charge is 0.490 e. The Bertz CT molecular complexity index is 633. The van der Waals surface area contributed by atoms with E-state index in [-0.39, 0.29) is 0 Å². The van der Waals surface area contributed by atoms with E-state index in [1.807, 2.05) is 0 Å². The molecule has 2 aromatic rings. The van der Waals surface area contributed by atoms with Crippen molar-refractivity contribution in [2.75, 3.05) is 27.2 Å². The predicted molar refractivity (Wildman–Crippen MR) is 95.8 cm³/mol. The molecule has 0 atom stereocenters. The Labute approximate surface area is 139 Å². The first-order valence-corrected chi connectivity index (χ1v) is 8.43. The van der Waals surface area contributed by atoms with Crippen LogP contribution in [0.4, 0.5) is 0 Å². The lowest BCUT2D eigenvalue weighted by atomic mass is 9.99. The maximum absolute atomic E-state index is 6.19. The molecular formula is C20H26N2O. The maximum Gasteiger partial charge on any atom is 0.120 e. The Kier molecular flexibility index (Phi) is 5.31. The fourth-order valence-electron chi connectivity index (χ4n) is 3.12. The molecular weight excluding hydrogens is 284 g/mol. The van der Waals surface area contributed by atoms with Gasteiger partial charge in [0.05, 0.1) is 0 Å². The lowest BCUT2D eigenvalue weighted by Crippen LogP contribution is -2.34. The third kappa shape index (κ3) is 4.34. The van der Waals surface area contributed by atoms with Gasteiger partial charge in [-0.15, -0.1) is 0 Å². The molecule has 1 fully saturated rings. The zero-order valence-electron chi connectivity index (χ0n) is 14.1. The number of ether oxygens (including phenoxy) is 1. The van der Waals surface area contributed by atoms with Crippen LogP contribution in [0.25, 0.3) is 11.1 Å². The Morgan fingerprint density at radius 2 is 1.83 bits per heavy atom. The van der Waals surface area contributed by atoms with Gasteiger partial charge in [0.2, 0.25) is 0 Å². The third-order valence-corrected chi connectivity index (χ3v) is 4.24. The summed E-state index contributed by atoms with van der Waals surface area (Å²) in [4.78, 5) is 2.20. The van der Waals surface area contributed by atoms with Crippen LogP contribution in [0.2, 0.25) is 0 Å². The summed E-state index contributed by atoms with van der Waals surface area (Å²) in [6.07, 6.45) is 2.51. The highest BCUT2D eigenvalue weighted by Crippen LogP contribution is 2.28. The molecule has 3 rings (SSSR count). The summed E-state index contributed by atoms with van der Waals surface area (Å²) in [5, 5.41) is 3.38. The Hall–Kier alpha value is -1.84. The molecule has 1 aliphatic rings. The number of hydrogen-bond donors (Lipinski definition) is 1. The molecule has 1 N–H and O–H groups in total. The van der Waals surface area contributed by atoms with Crippen molar-refractivity contribution < 1.29 is 4.74 Å². The molecule has 2 aromatic carbocycles. The normalized spacial score (nSPS) is 15.8. The highest BCUT2D eigenvalue weighted by molar-refractivity contribution is 5.68. The summed E-state index contributed by atoms with van der Waals surface area (Å²) < 4.78 is 6.19. The van der Waals surface area contributed by atoms with Crippen molar-refractivity contribution in [2.24, 2.45) is 0 Å². The third-order valence-electron chi connectivity index (χ3n) is 4.24. The van der Waals surface area contributed by atoms with E-state index >= 15 is 0 Å². The zero-order valence-corrected chi connectivity index (χ0v) is 14.1. The highest BCUT2D eigenvalue weighted by atomic mass is 16.5. The minimum atomic E-state index is 0.337. The molecule has 1 aliphatic heterocycles. The van der Waals surface area contributed by atoms with Crippen LogP contribution in [0, 0.1) is 0 Å². The van der Waals surface area contributed by atoms with E-state index < -0.39 is 0 Å². The summed E-state index contributed by atoms with van der Waals surface area (Å²) >= 11 is 0. The first-order chi connectivity index (χ1) is 11.2. The lowest BCUT2D eigenvalue weighted by molar-refractivity contribution is 0.162. The number of hydrogen-bond acceptors (Lipinski definition) is 3. The summed E-state index contributed by atoms with van der Waals surface area (Å²) in [5.41, 5.74) is 3.86. The van der Waals surface area contributed by atoms with E-state index in [9.17, 15) is 0 Å². The Morgan fingerprint density at radius 1 is 1.04 bits per heavy atom. The Morgan fingerprint density at radius 3 is 2.61 bits per heavy atom. The minimum Gasteiger partial charge on any atom is -0.490 e. The second kappa shape index (κ2) is 7.62. The van der Waals surface area contributed by atoms with E-state index in [0.717, 1.165) is 38.2 Å². The second-order valence-electron chi connectivity index (χ2n) is 6.49. The van der Waals surface area contributed by atoms with E-state index in [1.165, 1.54) is 16.7 Å². The van der Waals surface area contributed by atoms with Gasteiger partial charge in [-0.05, 0) is 68.8 Å². The van der Waals surface area contributed by atoms with Crippen molar-refractivity contribution in [1.29, 1.82) is 0 Å². The van der Waals surface area contributed by atoms with Crippen LogP contribution in [0.1, 0.15) is 18.4 Å². The molecule has 3 nitrogen and oxygen atoms in total. The number of benzene rings is 2. The van der Waals surface area contributed by atoms with Gasteiger partial charge in [-0.3, -0.25) is 0 Å². The summed E-state index contributed by atoms with van der Waals surface area (Å²) in [6, 6.07) is 17.1. The average molecular weight is 310 g/mol. The molecule has 0 spiro atoms. The number of rotatable bonds is 5. The van der Waals surface area contributed by atoms with Crippen molar-refractivity contribution in [3.63, 3.8) is 0 Å². The van der Waals surface area contributed by atoms with Gasteiger partial charge in [-0.25, -0.2) is 0 Å². The smallest absolute Gasteiger partial charge is 0.120 e. The Balaban J connectivity index is 1.82. The molecule has 0 aliphatic carbocycles. The van der Waals surface area contributed by atoms with E-state index in [0.29, 0.717) is 6.10 Å². The van der Waals surface area contributed by atoms with Crippen LogP contribution in [-0.4, -0.2) is 38.2 Å². The molecule has 0 radical (unpaired) electrons. The summed E-state index contributed by atoms with van der Waals surface area (Å²) in [7, 11) is 4.21. The quantitative estimate of drug-likeness (QED) is 0.914. The van der Waals surface area contributed by atoms with Gasteiger partial charge in [0.25, 0.3) is 0 Å². The molecule has 0 aromatic heterocycles. The fraction of sp³-hybridized carbons (Fsp3) is 0.400. The van der Waals surface area contributed by atoms with Gasteiger partial charge in [0.1, 0.15) is 11.9 Å². The van der Waals surface area contributed by atoms with E-state index in [2.05, 4.69) is 72.8 Å². The minimum absolute atomic E-state index is 0.337. The van der Waals surface area contributed by atoms with Crippen molar-refractivity contribution >= 4 is 0 Å². The first-order valence-electron chi connectivity index (χ1n) is 8.43. The predicted octanol–water partition coefficient (Wildman–Crippen LogP) is 3.55. The topological polar surface area (TPSA) is 24.5 Å². The zero-order chi connectivity index (χ0) is 16.1. The first kappa shape index (κ1) is 16.0. The van der Waals surface area contributed by atoms with Crippen molar-refractivity contribution in [3.05, 3.63) is 54.1 Å². The molecule has 122 valence electrons. The van der Waals surface area contributed by atoms with Crippen LogP contribution in [-0.2, 0) is 6.54 Å². The molecule has 1 saturated heterocycles. The van der Waals surface area contributed by atoms with Crippen LogP contribution < -0.4 is 10.1 Å². The maximum atomic E-state index is 6.19. The highest BCUT2D eigenvalue weighted by Gasteiger charge is 2.15. The van der Waals surface area contributed by atoms with Gasteiger partial charge in [-0.2, -0.15) is 0 Å². The van der Waals surface area contributed by atoms with Crippen molar-refractivity contribution in [2.45, 2.75) is 25.5 Å². The van der Waals surface area contributed by atoms with Crippen LogP contribution >= 0.6 is 0 Å². The van der Waals surface area contributed by atoms with Gasteiger partial charge in [0, 0.05) is 6.54 Å². The number of nitrogens with one attached hydrogen (secondary N) is 1. The SMILES string of the molecule is CN(C)Cc1ccccc1-c1cccc(OC2CCNCC2)c1. The number of piperidine rings is 1. The van der Waals surface area contributed by atoms with E-state index in [4.69, 9.17) is 4.74 Å². The van der Waals surface area contributed by atoms with Crippen molar-refractivity contribution in [1.82, 2.24) is 10.2 Å².